The van der Waals surface area contributed by atoms with Crippen LogP contribution < -0.4 is 24.3 Å². The van der Waals surface area contributed by atoms with Gasteiger partial charge in [-0.3, -0.25) is 0 Å². The average Bonchev–Trinajstić information content (AvgIpc) is 3.22. The molecule has 3 heterocycles. The highest BCUT2D eigenvalue weighted by Gasteiger charge is 2.17. The first-order valence-electron chi connectivity index (χ1n) is 6.72. The van der Waals surface area contributed by atoms with Crippen LogP contribution in [0.4, 0.5) is 10.8 Å². The van der Waals surface area contributed by atoms with Crippen molar-refractivity contribution in [3.05, 3.63) is 30.3 Å². The highest BCUT2D eigenvalue weighted by molar-refractivity contribution is 7.22. The van der Waals surface area contributed by atoms with Crippen LogP contribution in [0.15, 0.2) is 30.3 Å². The number of hydrogen-bond donors (Lipinski definition) is 1. The summed E-state index contributed by atoms with van der Waals surface area (Å²) >= 11 is 1.56. The Hall–Kier alpha value is -2.67. The van der Waals surface area contributed by atoms with Crippen molar-refractivity contribution in [2.24, 2.45) is 0 Å². The third-order valence-electron chi connectivity index (χ3n) is 3.51. The fourth-order valence-electron chi connectivity index (χ4n) is 2.47. The number of rotatable bonds is 2. The second kappa shape index (κ2) is 4.41. The van der Waals surface area contributed by atoms with Crippen molar-refractivity contribution in [1.82, 2.24) is 4.98 Å². The zero-order chi connectivity index (χ0) is 14.5. The Balaban J connectivity index is 1.49. The van der Waals surface area contributed by atoms with Crippen LogP contribution in [-0.4, -0.2) is 18.6 Å². The van der Waals surface area contributed by atoms with Crippen LogP contribution in [0, 0.1) is 0 Å². The van der Waals surface area contributed by atoms with Gasteiger partial charge in [-0.15, -0.1) is 0 Å². The summed E-state index contributed by atoms with van der Waals surface area (Å²) in [5.74, 6) is 3.02. The van der Waals surface area contributed by atoms with E-state index in [0.717, 1.165) is 44.0 Å². The van der Waals surface area contributed by atoms with Crippen LogP contribution in [0.25, 0.3) is 10.2 Å². The molecule has 2 aliphatic heterocycles. The quantitative estimate of drug-likeness (QED) is 0.781. The number of nitrogens with one attached hydrogen (secondary N) is 1. The monoisotopic (exact) mass is 314 g/mol. The summed E-state index contributed by atoms with van der Waals surface area (Å²) in [4.78, 5) is 4.58. The lowest BCUT2D eigenvalue weighted by atomic mass is 10.3. The minimum Gasteiger partial charge on any atom is -0.454 e. The topological polar surface area (TPSA) is 61.8 Å². The number of aromatic nitrogens is 1. The number of thiazole rings is 1. The number of ether oxygens (including phenoxy) is 4. The van der Waals surface area contributed by atoms with Gasteiger partial charge in [0.2, 0.25) is 13.6 Å². The van der Waals surface area contributed by atoms with E-state index in [1.165, 1.54) is 0 Å². The van der Waals surface area contributed by atoms with Gasteiger partial charge in [-0.2, -0.15) is 0 Å². The van der Waals surface area contributed by atoms with Crippen LogP contribution in [-0.2, 0) is 0 Å². The van der Waals surface area contributed by atoms with E-state index >= 15 is 0 Å². The first-order valence-corrected chi connectivity index (χ1v) is 7.54. The summed E-state index contributed by atoms with van der Waals surface area (Å²) in [6, 6.07) is 9.58. The summed E-state index contributed by atoms with van der Waals surface area (Å²) in [6.07, 6.45) is 0. The standard InChI is InChI=1S/C15H10N2O4S/c1-2-10-11(19-6-18-10)3-8(1)16-15-17-9-4-12-13(21-7-20-12)5-14(9)22-15/h1-5H,6-7H2,(H,16,17). The fourth-order valence-corrected chi connectivity index (χ4v) is 3.37. The van der Waals surface area contributed by atoms with Gasteiger partial charge in [0.15, 0.2) is 28.1 Å². The van der Waals surface area contributed by atoms with Crippen molar-refractivity contribution in [3.8, 4) is 23.0 Å². The highest BCUT2D eigenvalue weighted by atomic mass is 32.1. The second-order valence-corrected chi connectivity index (χ2v) is 5.92. The van der Waals surface area contributed by atoms with Gasteiger partial charge in [-0.1, -0.05) is 11.3 Å². The normalized spacial score (nSPS) is 14.5. The molecule has 22 heavy (non-hydrogen) atoms. The number of nitrogens with zero attached hydrogens (tertiary/aromatic N) is 1. The Kier molecular flexibility index (Phi) is 2.39. The molecule has 3 aromatic rings. The van der Waals surface area contributed by atoms with Gasteiger partial charge < -0.3 is 24.3 Å². The minimum atomic E-state index is 0.269. The first kappa shape index (κ1) is 11.9. The lowest BCUT2D eigenvalue weighted by molar-refractivity contribution is 0.173. The molecule has 2 aliphatic rings. The molecule has 0 saturated heterocycles. The van der Waals surface area contributed by atoms with Crippen molar-refractivity contribution >= 4 is 32.4 Å². The van der Waals surface area contributed by atoms with Crippen molar-refractivity contribution < 1.29 is 18.9 Å². The maximum absolute atomic E-state index is 5.39. The molecule has 0 unspecified atom stereocenters. The lowest BCUT2D eigenvalue weighted by Gasteiger charge is -2.03. The van der Waals surface area contributed by atoms with Gasteiger partial charge in [-0.25, -0.2) is 4.98 Å². The third kappa shape index (κ3) is 1.82. The van der Waals surface area contributed by atoms with Gasteiger partial charge >= 0.3 is 0 Å². The molecular formula is C15H10N2O4S. The van der Waals surface area contributed by atoms with Crippen LogP contribution in [0.1, 0.15) is 0 Å². The Morgan fingerprint density at radius 3 is 2.45 bits per heavy atom. The van der Waals surface area contributed by atoms with E-state index in [1.807, 2.05) is 30.3 Å². The van der Waals surface area contributed by atoms with Crippen molar-refractivity contribution in [2.45, 2.75) is 0 Å². The first-order chi connectivity index (χ1) is 10.8. The van der Waals surface area contributed by atoms with Gasteiger partial charge in [0.25, 0.3) is 0 Å². The molecule has 0 spiro atoms. The van der Waals surface area contributed by atoms with Gasteiger partial charge in [0.1, 0.15) is 0 Å². The van der Waals surface area contributed by atoms with Crippen molar-refractivity contribution in [3.63, 3.8) is 0 Å². The van der Waals surface area contributed by atoms with E-state index in [0.29, 0.717) is 0 Å². The molecule has 0 bridgehead atoms. The summed E-state index contributed by atoms with van der Waals surface area (Å²) in [5, 5.41) is 4.09. The van der Waals surface area contributed by atoms with Crippen LogP contribution in [0.3, 0.4) is 0 Å². The SMILES string of the molecule is c1cc2c(cc1Nc1nc3cc4c(cc3s1)OCO4)OCO2. The van der Waals surface area contributed by atoms with Crippen LogP contribution in [0.5, 0.6) is 23.0 Å². The summed E-state index contributed by atoms with van der Waals surface area (Å²) in [5.41, 5.74) is 1.79. The summed E-state index contributed by atoms with van der Waals surface area (Å²) in [7, 11) is 0. The molecule has 5 rings (SSSR count). The van der Waals surface area contributed by atoms with E-state index < -0.39 is 0 Å². The van der Waals surface area contributed by atoms with E-state index in [-0.39, 0.29) is 13.6 Å². The molecular weight excluding hydrogens is 304 g/mol. The third-order valence-corrected chi connectivity index (χ3v) is 4.44. The Bertz CT molecular complexity index is 852. The largest absolute Gasteiger partial charge is 0.454 e. The van der Waals surface area contributed by atoms with Gasteiger partial charge in [0, 0.05) is 23.9 Å². The van der Waals surface area contributed by atoms with E-state index in [2.05, 4.69) is 10.3 Å². The zero-order valence-electron chi connectivity index (χ0n) is 11.3. The number of fused-ring (bicyclic) bond motifs is 3. The number of anilines is 2. The molecule has 0 aliphatic carbocycles. The summed E-state index contributed by atoms with van der Waals surface area (Å²) < 4.78 is 22.5. The average molecular weight is 314 g/mol. The van der Waals surface area contributed by atoms with E-state index in [4.69, 9.17) is 18.9 Å². The minimum absolute atomic E-state index is 0.269. The molecule has 1 N–H and O–H groups in total. The lowest BCUT2D eigenvalue weighted by Crippen LogP contribution is -1.93. The molecule has 0 amide bonds. The Morgan fingerprint density at radius 1 is 0.864 bits per heavy atom. The Labute approximate surface area is 129 Å². The Morgan fingerprint density at radius 2 is 1.59 bits per heavy atom. The highest BCUT2D eigenvalue weighted by Crippen LogP contribution is 2.40. The molecule has 0 fully saturated rings. The number of hydrogen-bond acceptors (Lipinski definition) is 7. The fraction of sp³-hybridized carbons (Fsp3) is 0.133. The van der Waals surface area contributed by atoms with Gasteiger partial charge in [0.05, 0.1) is 10.2 Å². The molecule has 0 atom stereocenters. The number of benzene rings is 2. The molecule has 2 aromatic carbocycles. The molecule has 0 radical (unpaired) electrons. The van der Waals surface area contributed by atoms with E-state index in [9.17, 15) is 0 Å². The maximum atomic E-state index is 5.39. The summed E-state index contributed by atoms with van der Waals surface area (Å²) in [6.45, 7) is 0.542. The smallest absolute Gasteiger partial charge is 0.231 e. The molecule has 1 aromatic heterocycles. The molecule has 110 valence electrons. The predicted molar refractivity (Wildman–Crippen MR) is 81.6 cm³/mol. The van der Waals surface area contributed by atoms with Crippen molar-refractivity contribution in [1.29, 1.82) is 0 Å². The zero-order valence-corrected chi connectivity index (χ0v) is 12.1. The van der Waals surface area contributed by atoms with Crippen LogP contribution >= 0.6 is 11.3 Å². The molecule has 0 saturated carbocycles. The van der Waals surface area contributed by atoms with Gasteiger partial charge in [-0.05, 0) is 12.1 Å². The van der Waals surface area contributed by atoms with Crippen molar-refractivity contribution in [2.75, 3.05) is 18.9 Å². The molecule has 6 nitrogen and oxygen atoms in total. The predicted octanol–water partition coefficient (Wildman–Crippen LogP) is 3.50. The maximum Gasteiger partial charge on any atom is 0.231 e. The molecule has 7 heteroatoms. The van der Waals surface area contributed by atoms with Crippen LogP contribution in [0.2, 0.25) is 0 Å². The second-order valence-electron chi connectivity index (χ2n) is 4.89. The van der Waals surface area contributed by atoms with E-state index in [1.54, 1.807) is 11.3 Å².